The van der Waals surface area contributed by atoms with E-state index in [-0.39, 0.29) is 29.9 Å². The van der Waals surface area contributed by atoms with E-state index in [0.717, 1.165) is 23.2 Å². The van der Waals surface area contributed by atoms with Gasteiger partial charge in [0.25, 0.3) is 0 Å². The molecule has 2 unspecified atom stereocenters. The molecular formula is C31H39N5O4. The lowest BCUT2D eigenvalue weighted by Gasteiger charge is -2.40. The summed E-state index contributed by atoms with van der Waals surface area (Å²) < 4.78 is 5.27. The summed E-state index contributed by atoms with van der Waals surface area (Å²) in [5, 5.41) is 2.92. The van der Waals surface area contributed by atoms with Gasteiger partial charge < -0.3 is 25.7 Å². The Bertz CT molecular complexity index is 1250. The molecule has 2 amide bonds. The molecule has 0 radical (unpaired) electrons. The number of carbonyl (C=O) groups excluding carboxylic acids is 3. The van der Waals surface area contributed by atoms with E-state index in [4.69, 9.17) is 10.5 Å². The van der Waals surface area contributed by atoms with Crippen molar-refractivity contribution >= 4 is 17.6 Å². The second-order valence-electron chi connectivity index (χ2n) is 10.4. The fourth-order valence-corrected chi connectivity index (χ4v) is 5.43. The topological polar surface area (TPSA) is 130 Å². The molecule has 1 aliphatic rings. The Morgan fingerprint density at radius 2 is 1.88 bits per heavy atom. The number of aromatic nitrogens is 2. The lowest BCUT2D eigenvalue weighted by molar-refractivity contribution is -0.139. The molecule has 9 heteroatoms. The van der Waals surface area contributed by atoms with Gasteiger partial charge in [-0.25, -0.2) is 4.98 Å². The van der Waals surface area contributed by atoms with Gasteiger partial charge in [-0.2, -0.15) is 0 Å². The molecule has 3 aromatic rings. The maximum atomic E-state index is 14.0. The Kier molecular flexibility index (Phi) is 10.1. The van der Waals surface area contributed by atoms with E-state index in [2.05, 4.69) is 15.3 Å². The van der Waals surface area contributed by atoms with Gasteiger partial charge in [-0.05, 0) is 36.1 Å². The summed E-state index contributed by atoms with van der Waals surface area (Å²) in [7, 11) is 1.60. The number of benzene rings is 2. The summed E-state index contributed by atoms with van der Waals surface area (Å²) in [5.74, 6) is 0.133. The van der Waals surface area contributed by atoms with Gasteiger partial charge in [-0.1, -0.05) is 49.4 Å². The summed E-state index contributed by atoms with van der Waals surface area (Å²) in [5.41, 5.74) is 8.88. The molecule has 9 nitrogen and oxygen atoms in total. The Morgan fingerprint density at radius 1 is 1.12 bits per heavy atom. The van der Waals surface area contributed by atoms with Crippen molar-refractivity contribution in [3.8, 4) is 5.75 Å². The van der Waals surface area contributed by atoms with Crippen molar-refractivity contribution in [1.82, 2.24) is 20.2 Å². The number of ether oxygens (including phenoxy) is 1. The molecule has 0 aliphatic carbocycles. The molecule has 2 aromatic carbocycles. The monoisotopic (exact) mass is 545 g/mol. The molecule has 212 valence electrons. The number of carbonyl (C=O) groups is 3. The number of piperidine rings is 1. The molecule has 40 heavy (non-hydrogen) atoms. The summed E-state index contributed by atoms with van der Waals surface area (Å²) in [6.45, 7) is 2.88. The zero-order valence-electron chi connectivity index (χ0n) is 23.2. The number of nitrogens with two attached hydrogens (primary N) is 1. The maximum absolute atomic E-state index is 14.0. The van der Waals surface area contributed by atoms with Crippen LogP contribution in [0.2, 0.25) is 0 Å². The number of Topliss-reactive ketones (excluding diaryl/α,β-unsaturated/α-hetero) is 1. The highest BCUT2D eigenvalue weighted by Crippen LogP contribution is 2.34. The fourth-order valence-electron chi connectivity index (χ4n) is 5.43. The van der Waals surface area contributed by atoms with Gasteiger partial charge in [-0.3, -0.25) is 14.4 Å². The first-order valence-electron chi connectivity index (χ1n) is 13.9. The van der Waals surface area contributed by atoms with Crippen LogP contribution in [0.25, 0.3) is 0 Å². The third-order valence-electron chi connectivity index (χ3n) is 7.61. The second-order valence-corrected chi connectivity index (χ2v) is 10.4. The molecule has 0 spiro atoms. The van der Waals surface area contributed by atoms with E-state index < -0.39 is 18.0 Å². The second kappa shape index (κ2) is 13.9. The fraction of sp³-hybridized carbons (Fsp3) is 0.419. The van der Waals surface area contributed by atoms with Crippen molar-refractivity contribution in [2.24, 2.45) is 11.7 Å². The normalized spacial score (nSPS) is 18.5. The minimum Gasteiger partial charge on any atom is -0.497 e. The van der Waals surface area contributed by atoms with Crippen LogP contribution in [0.15, 0.2) is 67.1 Å². The first kappa shape index (κ1) is 29.0. The molecule has 1 saturated heterocycles. The van der Waals surface area contributed by atoms with E-state index in [1.165, 1.54) is 6.33 Å². The van der Waals surface area contributed by atoms with Crippen molar-refractivity contribution < 1.29 is 19.1 Å². The molecule has 0 saturated carbocycles. The van der Waals surface area contributed by atoms with Crippen LogP contribution in [0.1, 0.15) is 48.9 Å². The van der Waals surface area contributed by atoms with Gasteiger partial charge in [0.1, 0.15) is 17.6 Å². The number of methoxy groups -OCH3 is 1. The van der Waals surface area contributed by atoms with Gasteiger partial charge in [0.15, 0.2) is 0 Å². The van der Waals surface area contributed by atoms with Crippen LogP contribution in [0.4, 0.5) is 0 Å². The Labute approximate surface area is 235 Å². The van der Waals surface area contributed by atoms with Crippen molar-refractivity contribution in [1.29, 1.82) is 0 Å². The Morgan fingerprint density at radius 3 is 2.52 bits per heavy atom. The number of amides is 2. The quantitative estimate of drug-likeness (QED) is 0.321. The van der Waals surface area contributed by atoms with Crippen LogP contribution in [-0.4, -0.2) is 64.7 Å². The number of hydrogen-bond acceptors (Lipinski definition) is 6. The zero-order valence-corrected chi connectivity index (χ0v) is 23.2. The average molecular weight is 546 g/mol. The predicted octanol–water partition coefficient (Wildman–Crippen LogP) is 3.02. The van der Waals surface area contributed by atoms with E-state index in [0.29, 0.717) is 38.1 Å². The van der Waals surface area contributed by atoms with E-state index in [1.807, 2.05) is 61.5 Å². The lowest BCUT2D eigenvalue weighted by atomic mass is 9.77. The molecular weight excluding hydrogens is 506 g/mol. The number of nitrogens with one attached hydrogen (secondary N) is 2. The van der Waals surface area contributed by atoms with Gasteiger partial charge in [0, 0.05) is 56.1 Å². The SMILES string of the molecule is CCCC(=O)[C@@H]1CCN(C(=O)[C@H](Cc2ccc(OC)cc2)NC(=O)C(N)Cc2cnc[nH]2)CC1c1ccccc1. The summed E-state index contributed by atoms with van der Waals surface area (Å²) in [4.78, 5) is 49.0. The van der Waals surface area contributed by atoms with Crippen LogP contribution in [0.3, 0.4) is 0 Å². The van der Waals surface area contributed by atoms with Crippen LogP contribution in [-0.2, 0) is 27.2 Å². The highest BCUT2D eigenvalue weighted by atomic mass is 16.5. The standard InChI is InChI=1S/C31H39N5O4/c1-3-7-29(37)25-14-15-36(19-26(25)22-8-5-4-6-9-22)31(39)28(16-21-10-12-24(40-2)13-11-21)35-30(38)27(32)17-23-18-33-20-34-23/h4-6,8-13,18,20,25-28H,3,7,14-17,19,32H2,1-2H3,(H,33,34)(H,35,38)/t25-,26?,27?,28+/m1/s1. The van der Waals surface area contributed by atoms with Crippen LogP contribution in [0, 0.1) is 5.92 Å². The molecule has 1 aliphatic heterocycles. The molecule has 0 bridgehead atoms. The number of likely N-dealkylation sites (tertiary alicyclic amines) is 1. The third-order valence-corrected chi connectivity index (χ3v) is 7.61. The van der Waals surface area contributed by atoms with Gasteiger partial charge >= 0.3 is 0 Å². The van der Waals surface area contributed by atoms with E-state index >= 15 is 0 Å². The van der Waals surface area contributed by atoms with Crippen LogP contribution < -0.4 is 15.8 Å². The molecule has 4 rings (SSSR count). The zero-order chi connectivity index (χ0) is 28.5. The Hall–Kier alpha value is -3.98. The molecule has 1 aromatic heterocycles. The molecule has 4 atom stereocenters. The highest BCUT2D eigenvalue weighted by Gasteiger charge is 2.38. The van der Waals surface area contributed by atoms with Crippen molar-refractivity contribution in [2.75, 3.05) is 20.2 Å². The maximum Gasteiger partial charge on any atom is 0.245 e. The number of rotatable bonds is 12. The number of hydrogen-bond donors (Lipinski definition) is 3. The minimum absolute atomic E-state index is 0.0991. The van der Waals surface area contributed by atoms with Crippen LogP contribution in [0.5, 0.6) is 5.75 Å². The number of ketones is 1. The number of imidazole rings is 1. The van der Waals surface area contributed by atoms with Gasteiger partial charge in [0.2, 0.25) is 11.8 Å². The smallest absolute Gasteiger partial charge is 0.245 e. The third kappa shape index (κ3) is 7.35. The molecule has 4 N–H and O–H groups in total. The summed E-state index contributed by atoms with van der Waals surface area (Å²) in [6, 6.07) is 15.7. The minimum atomic E-state index is -0.846. The first-order chi connectivity index (χ1) is 19.4. The van der Waals surface area contributed by atoms with Crippen molar-refractivity contribution in [3.63, 3.8) is 0 Å². The molecule has 1 fully saturated rings. The lowest BCUT2D eigenvalue weighted by Crippen LogP contribution is -2.56. The van der Waals surface area contributed by atoms with E-state index in [1.54, 1.807) is 18.2 Å². The largest absolute Gasteiger partial charge is 0.497 e. The number of aromatic amines is 1. The summed E-state index contributed by atoms with van der Waals surface area (Å²) >= 11 is 0. The van der Waals surface area contributed by atoms with Crippen molar-refractivity contribution in [3.05, 3.63) is 83.9 Å². The average Bonchev–Trinajstić information content (AvgIpc) is 3.50. The number of H-pyrrole nitrogens is 1. The van der Waals surface area contributed by atoms with Gasteiger partial charge in [0.05, 0.1) is 19.5 Å². The summed E-state index contributed by atoms with van der Waals surface area (Å²) in [6.07, 6.45) is 5.66. The predicted molar refractivity (Wildman–Crippen MR) is 153 cm³/mol. The number of nitrogens with zero attached hydrogens (tertiary/aromatic N) is 2. The first-order valence-corrected chi connectivity index (χ1v) is 13.9. The van der Waals surface area contributed by atoms with Crippen LogP contribution >= 0.6 is 0 Å². The Balaban J connectivity index is 1.55. The van der Waals surface area contributed by atoms with Gasteiger partial charge in [-0.15, -0.1) is 0 Å². The molecule has 2 heterocycles. The van der Waals surface area contributed by atoms with E-state index in [9.17, 15) is 14.4 Å². The highest BCUT2D eigenvalue weighted by molar-refractivity contribution is 5.90. The van der Waals surface area contributed by atoms with Crippen molar-refractivity contribution in [2.45, 2.75) is 57.0 Å².